The van der Waals surface area contributed by atoms with Crippen LogP contribution < -0.4 is 19.9 Å². The topological polar surface area (TPSA) is 61.9 Å². The number of para-hydroxylation sites is 3. The molecule has 3 rings (SSSR count). The predicted octanol–water partition coefficient (Wildman–Crippen LogP) is 1.66. The van der Waals surface area contributed by atoms with Crippen molar-refractivity contribution >= 4 is 23.2 Å². The lowest BCUT2D eigenvalue weighted by atomic mass is 10.1. The van der Waals surface area contributed by atoms with Crippen molar-refractivity contribution in [2.24, 2.45) is 0 Å². The summed E-state index contributed by atoms with van der Waals surface area (Å²) in [6, 6.07) is 16.9. The fourth-order valence-corrected chi connectivity index (χ4v) is 2.82. The molecule has 1 aliphatic heterocycles. The Morgan fingerprint density at radius 1 is 1.16 bits per heavy atom. The van der Waals surface area contributed by atoms with Gasteiger partial charge in [0.25, 0.3) is 5.91 Å². The zero-order valence-electron chi connectivity index (χ0n) is 14.3. The molecule has 2 amide bonds. The van der Waals surface area contributed by atoms with Crippen molar-refractivity contribution in [1.82, 2.24) is 5.32 Å². The smallest absolute Gasteiger partial charge is 0.262 e. The number of ether oxygens (including phenoxy) is 1. The van der Waals surface area contributed by atoms with Gasteiger partial charge >= 0.3 is 0 Å². The van der Waals surface area contributed by atoms with Crippen LogP contribution in [0.1, 0.15) is 0 Å². The van der Waals surface area contributed by atoms with Crippen LogP contribution in [-0.2, 0) is 9.59 Å². The lowest BCUT2D eigenvalue weighted by Crippen LogP contribution is -2.50. The molecule has 0 radical (unpaired) electrons. The van der Waals surface area contributed by atoms with Crippen molar-refractivity contribution in [3.63, 3.8) is 0 Å². The van der Waals surface area contributed by atoms with Gasteiger partial charge in [0.1, 0.15) is 5.75 Å². The molecule has 130 valence electrons. The fraction of sp³-hybridized carbons (Fsp3) is 0.263. The Kier molecular flexibility index (Phi) is 4.88. The average molecular weight is 339 g/mol. The third-order valence-electron chi connectivity index (χ3n) is 4.24. The summed E-state index contributed by atoms with van der Waals surface area (Å²) < 4.78 is 5.76. The number of benzene rings is 2. The molecule has 1 N–H and O–H groups in total. The lowest BCUT2D eigenvalue weighted by Gasteiger charge is -2.35. The summed E-state index contributed by atoms with van der Waals surface area (Å²) in [7, 11) is 3.32. The molecule has 0 saturated heterocycles. The number of hydrogen-bond donors (Lipinski definition) is 1. The van der Waals surface area contributed by atoms with Crippen LogP contribution in [0.25, 0.3) is 0 Å². The second kappa shape index (κ2) is 7.25. The number of likely N-dealkylation sites (N-methyl/N-ethyl adjacent to an activating group) is 2. The van der Waals surface area contributed by atoms with Crippen molar-refractivity contribution in [1.29, 1.82) is 0 Å². The number of nitrogens with one attached hydrogen (secondary N) is 1. The molecule has 0 saturated carbocycles. The molecule has 2 aromatic carbocycles. The van der Waals surface area contributed by atoms with Crippen LogP contribution in [0.5, 0.6) is 5.75 Å². The van der Waals surface area contributed by atoms with Gasteiger partial charge in [0.15, 0.2) is 6.10 Å². The first-order valence-electron chi connectivity index (χ1n) is 8.14. The predicted molar refractivity (Wildman–Crippen MR) is 97.0 cm³/mol. The minimum atomic E-state index is -0.644. The first kappa shape index (κ1) is 16.8. The van der Waals surface area contributed by atoms with Gasteiger partial charge in [0.05, 0.1) is 18.8 Å². The molecule has 2 aromatic rings. The summed E-state index contributed by atoms with van der Waals surface area (Å²) in [6.07, 6.45) is -0.644. The second-order valence-electron chi connectivity index (χ2n) is 5.86. The molecule has 0 aliphatic carbocycles. The number of nitrogens with zero attached hydrogens (tertiary/aromatic N) is 2. The van der Waals surface area contributed by atoms with E-state index in [4.69, 9.17) is 4.74 Å². The first-order valence-corrected chi connectivity index (χ1v) is 8.14. The fourth-order valence-electron chi connectivity index (χ4n) is 2.82. The molecule has 25 heavy (non-hydrogen) atoms. The monoisotopic (exact) mass is 339 g/mol. The number of hydrogen-bond acceptors (Lipinski definition) is 4. The zero-order chi connectivity index (χ0) is 17.8. The van der Waals surface area contributed by atoms with Crippen molar-refractivity contribution in [3.05, 3.63) is 54.6 Å². The largest absolute Gasteiger partial charge is 0.477 e. The minimum absolute atomic E-state index is 0.0569. The molecule has 0 spiro atoms. The summed E-state index contributed by atoms with van der Waals surface area (Å²) in [6.45, 7) is 0.490. The van der Waals surface area contributed by atoms with Gasteiger partial charge in [-0.25, -0.2) is 0 Å². The Hall–Kier alpha value is -3.02. The molecule has 0 bridgehead atoms. The third-order valence-corrected chi connectivity index (χ3v) is 4.24. The van der Waals surface area contributed by atoms with Gasteiger partial charge in [0.2, 0.25) is 5.91 Å². The van der Waals surface area contributed by atoms with E-state index < -0.39 is 6.10 Å². The van der Waals surface area contributed by atoms with Crippen molar-refractivity contribution in [3.8, 4) is 5.75 Å². The molecule has 1 aliphatic rings. The van der Waals surface area contributed by atoms with Crippen LogP contribution in [-0.4, -0.2) is 45.1 Å². The van der Waals surface area contributed by atoms with E-state index in [1.54, 1.807) is 19.0 Å². The molecular weight excluding hydrogens is 318 g/mol. The van der Waals surface area contributed by atoms with E-state index in [1.807, 2.05) is 59.5 Å². The van der Waals surface area contributed by atoms with Gasteiger partial charge < -0.3 is 19.9 Å². The maximum Gasteiger partial charge on any atom is 0.262 e. The van der Waals surface area contributed by atoms with Gasteiger partial charge in [-0.05, 0) is 24.3 Å². The Morgan fingerprint density at radius 2 is 1.84 bits per heavy atom. The quantitative estimate of drug-likeness (QED) is 0.920. The Morgan fingerprint density at radius 3 is 2.56 bits per heavy atom. The summed E-state index contributed by atoms with van der Waals surface area (Å²) in [4.78, 5) is 28.2. The van der Waals surface area contributed by atoms with Gasteiger partial charge in [-0.15, -0.1) is 0 Å². The highest BCUT2D eigenvalue weighted by Crippen LogP contribution is 2.33. The van der Waals surface area contributed by atoms with E-state index in [-0.39, 0.29) is 18.4 Å². The summed E-state index contributed by atoms with van der Waals surface area (Å²) in [5.41, 5.74) is 1.65. The van der Waals surface area contributed by atoms with Gasteiger partial charge in [-0.2, -0.15) is 0 Å². The number of amides is 2. The highest BCUT2D eigenvalue weighted by molar-refractivity contribution is 5.96. The number of carbonyl (C=O) groups excluding carboxylic acids is 2. The van der Waals surface area contributed by atoms with Crippen molar-refractivity contribution in [2.75, 3.05) is 37.0 Å². The highest BCUT2D eigenvalue weighted by Gasteiger charge is 2.31. The molecule has 0 unspecified atom stereocenters. The van der Waals surface area contributed by atoms with Gasteiger partial charge in [-0.3, -0.25) is 9.59 Å². The molecule has 6 heteroatoms. The van der Waals surface area contributed by atoms with E-state index in [2.05, 4.69) is 5.32 Å². The Bertz CT molecular complexity index is 764. The standard InChI is InChI=1S/C19H21N3O3/c1-20-19(24)17-12-22(15-10-6-7-11-16(15)25-17)13-18(23)21(2)14-8-4-3-5-9-14/h3-11,17H,12-13H2,1-2H3,(H,20,24)/t17-/m1/s1. The van der Waals surface area contributed by atoms with Gasteiger partial charge in [-0.1, -0.05) is 30.3 Å². The molecule has 1 heterocycles. The second-order valence-corrected chi connectivity index (χ2v) is 5.86. The summed E-state index contributed by atoms with van der Waals surface area (Å²) in [5, 5.41) is 2.60. The summed E-state index contributed by atoms with van der Waals surface area (Å²) in [5.74, 6) is 0.347. The SMILES string of the molecule is CNC(=O)[C@H]1CN(CC(=O)N(C)c2ccccc2)c2ccccc2O1. The maximum absolute atomic E-state index is 12.7. The van der Waals surface area contributed by atoms with Crippen molar-refractivity contribution < 1.29 is 14.3 Å². The summed E-state index contributed by atoms with van der Waals surface area (Å²) >= 11 is 0. The number of rotatable bonds is 4. The van der Waals surface area contributed by atoms with Crippen LogP contribution >= 0.6 is 0 Å². The normalized spacial score (nSPS) is 15.8. The number of carbonyl (C=O) groups is 2. The first-order chi connectivity index (χ1) is 12.1. The Balaban J connectivity index is 1.80. The van der Waals surface area contributed by atoms with Crippen LogP contribution in [0.3, 0.4) is 0 Å². The minimum Gasteiger partial charge on any atom is -0.477 e. The maximum atomic E-state index is 12.7. The molecule has 1 atom stereocenters. The van der Waals surface area contributed by atoms with E-state index in [1.165, 1.54) is 0 Å². The zero-order valence-corrected chi connectivity index (χ0v) is 14.3. The van der Waals surface area contributed by atoms with Crippen LogP contribution in [0.15, 0.2) is 54.6 Å². The van der Waals surface area contributed by atoms with Crippen LogP contribution in [0.2, 0.25) is 0 Å². The molecule has 6 nitrogen and oxygen atoms in total. The number of anilines is 2. The Labute approximate surface area is 147 Å². The van der Waals surface area contributed by atoms with E-state index >= 15 is 0 Å². The van der Waals surface area contributed by atoms with E-state index in [0.717, 1.165) is 11.4 Å². The van der Waals surface area contributed by atoms with Gasteiger partial charge in [0, 0.05) is 19.8 Å². The van der Waals surface area contributed by atoms with Crippen LogP contribution in [0, 0.1) is 0 Å². The molecule has 0 aromatic heterocycles. The van der Waals surface area contributed by atoms with E-state index in [0.29, 0.717) is 12.3 Å². The lowest BCUT2D eigenvalue weighted by molar-refractivity contribution is -0.127. The third kappa shape index (κ3) is 3.57. The van der Waals surface area contributed by atoms with Crippen molar-refractivity contribution in [2.45, 2.75) is 6.10 Å². The van der Waals surface area contributed by atoms with Crippen LogP contribution in [0.4, 0.5) is 11.4 Å². The highest BCUT2D eigenvalue weighted by atomic mass is 16.5. The molecular formula is C19H21N3O3. The molecule has 0 fully saturated rings. The number of fused-ring (bicyclic) bond motifs is 1. The average Bonchev–Trinajstić information content (AvgIpc) is 2.67. The van der Waals surface area contributed by atoms with E-state index in [9.17, 15) is 9.59 Å².